The minimum atomic E-state index is -2.87. The fourth-order valence-corrected chi connectivity index (χ4v) is 9.58. The van der Waals surface area contributed by atoms with Gasteiger partial charge in [-0.05, 0) is 114 Å². The summed E-state index contributed by atoms with van der Waals surface area (Å²) in [7, 11) is -2.87. The normalized spacial score (nSPS) is 13.0. The maximum atomic E-state index is 13.1. The fourth-order valence-electron chi connectivity index (χ4n) is 7.76. The number of hydrogen-bond donors (Lipinski definition) is 2. The molecule has 0 saturated carbocycles. The van der Waals surface area contributed by atoms with Gasteiger partial charge in [0.1, 0.15) is 0 Å². The highest BCUT2D eigenvalue weighted by atomic mass is 28.3. The maximum Gasteiger partial charge on any atom is 0.314 e. The Labute approximate surface area is 314 Å². The Hall–Kier alpha value is -3.14. The third-order valence-corrected chi connectivity index (χ3v) is 12.6. The van der Waals surface area contributed by atoms with Gasteiger partial charge in [0, 0.05) is 10.9 Å². The topological polar surface area (TPSA) is 32.3 Å². The summed E-state index contributed by atoms with van der Waals surface area (Å²) in [4.78, 5) is 17.0. The summed E-state index contributed by atoms with van der Waals surface area (Å²) in [5.74, 6) is 2.85. The smallest absolute Gasteiger partial charge is 0.314 e. The molecule has 1 atom stereocenters. The van der Waals surface area contributed by atoms with Crippen LogP contribution in [-0.2, 0) is 0 Å². The number of nitrogens with one attached hydrogen (secondary N) is 1. The first-order chi connectivity index (χ1) is 23.9. The van der Waals surface area contributed by atoms with Crippen molar-refractivity contribution in [3.05, 3.63) is 105 Å². The SMILES string of the molecule is CC(C)c1cc(C(C)C)c(-c2cccc(-c3c(C(C)C)cc(C(C)C)cc3C(C)C)c2[Si@H](O)Nc2c(C(C)C)cccc2C(C)C)c(C(C)C)c1. The Kier molecular flexibility index (Phi) is 13.3. The Balaban J connectivity index is 2.24. The molecule has 4 aromatic rings. The van der Waals surface area contributed by atoms with E-state index in [0.29, 0.717) is 47.3 Å². The van der Waals surface area contributed by atoms with Crippen molar-refractivity contribution in [2.24, 2.45) is 0 Å². The lowest BCUT2D eigenvalue weighted by Crippen LogP contribution is -2.42. The molecule has 0 aliphatic rings. The molecule has 0 radical (unpaired) electrons. The largest absolute Gasteiger partial charge is 0.414 e. The Morgan fingerprint density at radius 3 is 0.980 bits per heavy atom. The molecule has 0 spiro atoms. The maximum absolute atomic E-state index is 13.1. The predicted molar refractivity (Wildman–Crippen MR) is 229 cm³/mol. The lowest BCUT2D eigenvalue weighted by Gasteiger charge is -2.30. The van der Waals surface area contributed by atoms with Gasteiger partial charge in [-0.3, -0.25) is 0 Å². The van der Waals surface area contributed by atoms with E-state index in [1.165, 1.54) is 66.8 Å². The monoisotopic (exact) mass is 704 g/mol. The molecular weight excluding hydrogens is 635 g/mol. The summed E-state index contributed by atoms with van der Waals surface area (Å²) in [6, 6.07) is 23.4. The van der Waals surface area contributed by atoms with Gasteiger partial charge < -0.3 is 9.78 Å². The van der Waals surface area contributed by atoms with Crippen LogP contribution in [0.5, 0.6) is 0 Å². The van der Waals surface area contributed by atoms with Crippen LogP contribution >= 0.6 is 0 Å². The van der Waals surface area contributed by atoms with E-state index in [1.807, 2.05) is 0 Å². The molecule has 276 valence electrons. The summed E-state index contributed by atoms with van der Waals surface area (Å²) in [6.07, 6.45) is 0. The number of rotatable bonds is 13. The second-order valence-corrected chi connectivity index (χ2v) is 19.2. The number of hydrogen-bond acceptors (Lipinski definition) is 2. The van der Waals surface area contributed by atoms with Crippen molar-refractivity contribution >= 4 is 20.1 Å². The van der Waals surface area contributed by atoms with Gasteiger partial charge in [0.25, 0.3) is 0 Å². The summed E-state index contributed by atoms with van der Waals surface area (Å²) in [6.45, 7) is 36.9. The lowest BCUT2D eigenvalue weighted by atomic mass is 9.79. The predicted octanol–water partition coefficient (Wildman–Crippen LogP) is 13.5. The molecule has 51 heavy (non-hydrogen) atoms. The average Bonchev–Trinajstić information content (AvgIpc) is 3.06. The van der Waals surface area contributed by atoms with E-state index < -0.39 is 9.20 Å². The third-order valence-electron chi connectivity index (χ3n) is 10.8. The van der Waals surface area contributed by atoms with Crippen molar-refractivity contribution in [1.82, 2.24) is 0 Å². The van der Waals surface area contributed by atoms with Gasteiger partial charge in [-0.1, -0.05) is 171 Å². The Bertz CT molecular complexity index is 1630. The first-order valence-corrected chi connectivity index (χ1v) is 21.6. The molecule has 0 bridgehead atoms. The van der Waals surface area contributed by atoms with Gasteiger partial charge in [-0.2, -0.15) is 0 Å². The standard InChI is InChI=1S/C48H69NOSi/c1-27(2)35-23-41(31(9)10)45(42(24-35)32(11)12)39-21-18-22-40(46-43(33(13)14)25-36(28(3)4)26-44(46)34(15)16)48(39)51(50)49-47-37(29(5)6)19-17-20-38(47)30(7)8/h17-34,49-51H,1-16H3/t51-/m0/s1. The summed E-state index contributed by atoms with van der Waals surface area (Å²) >= 11 is 0. The molecule has 0 aliphatic carbocycles. The second kappa shape index (κ2) is 16.7. The molecular formula is C48H69NOSi. The summed E-state index contributed by atoms with van der Waals surface area (Å²) in [5.41, 5.74) is 16.9. The molecule has 0 saturated heterocycles. The van der Waals surface area contributed by atoms with Crippen LogP contribution in [0.2, 0.25) is 0 Å². The van der Waals surface area contributed by atoms with Crippen molar-refractivity contribution in [3.8, 4) is 22.3 Å². The zero-order valence-electron chi connectivity index (χ0n) is 34.9. The molecule has 2 nitrogen and oxygen atoms in total. The first-order valence-electron chi connectivity index (χ1n) is 19.9. The van der Waals surface area contributed by atoms with E-state index in [9.17, 15) is 4.80 Å². The first kappa shape index (κ1) is 40.6. The van der Waals surface area contributed by atoms with E-state index in [4.69, 9.17) is 0 Å². The van der Waals surface area contributed by atoms with Crippen LogP contribution in [0.1, 0.15) is 203 Å². The quantitative estimate of drug-likeness (QED) is 0.136. The minimum Gasteiger partial charge on any atom is -0.414 e. The number of anilines is 1. The average molecular weight is 704 g/mol. The van der Waals surface area contributed by atoms with E-state index in [1.54, 1.807) is 0 Å². The van der Waals surface area contributed by atoms with Gasteiger partial charge in [-0.25, -0.2) is 0 Å². The van der Waals surface area contributed by atoms with Crippen LogP contribution in [0.3, 0.4) is 0 Å². The highest BCUT2D eigenvalue weighted by molar-refractivity contribution is 6.72. The van der Waals surface area contributed by atoms with Crippen molar-refractivity contribution in [1.29, 1.82) is 0 Å². The van der Waals surface area contributed by atoms with Gasteiger partial charge in [0.05, 0.1) is 0 Å². The van der Waals surface area contributed by atoms with E-state index in [-0.39, 0.29) is 0 Å². The van der Waals surface area contributed by atoms with E-state index in [2.05, 4.69) is 176 Å². The third kappa shape index (κ3) is 8.58. The zero-order chi connectivity index (χ0) is 38.1. The summed E-state index contributed by atoms with van der Waals surface area (Å²) in [5, 5.41) is 1.10. The van der Waals surface area contributed by atoms with Crippen LogP contribution in [0.15, 0.2) is 60.7 Å². The van der Waals surface area contributed by atoms with Gasteiger partial charge in [0.15, 0.2) is 0 Å². The van der Waals surface area contributed by atoms with Gasteiger partial charge in [-0.15, -0.1) is 0 Å². The highest BCUT2D eigenvalue weighted by Gasteiger charge is 2.30. The molecule has 3 heteroatoms. The fraction of sp³-hybridized carbons (Fsp3) is 0.500. The van der Waals surface area contributed by atoms with Crippen molar-refractivity contribution in [3.63, 3.8) is 0 Å². The van der Waals surface area contributed by atoms with Gasteiger partial charge >= 0.3 is 9.20 Å². The molecule has 0 fully saturated rings. The number of benzene rings is 4. The molecule has 0 unspecified atom stereocenters. The molecule has 4 aromatic carbocycles. The minimum absolute atomic E-state index is 0.328. The van der Waals surface area contributed by atoms with Crippen LogP contribution in [-0.4, -0.2) is 14.0 Å². The molecule has 0 aliphatic heterocycles. The van der Waals surface area contributed by atoms with Crippen LogP contribution in [0, 0.1) is 0 Å². The Morgan fingerprint density at radius 1 is 0.412 bits per heavy atom. The Morgan fingerprint density at radius 2 is 0.706 bits per heavy atom. The van der Waals surface area contributed by atoms with Gasteiger partial charge in [0.2, 0.25) is 0 Å². The summed E-state index contributed by atoms with van der Waals surface area (Å²) < 4.78 is 0. The van der Waals surface area contributed by atoms with Crippen molar-refractivity contribution in [2.75, 3.05) is 4.98 Å². The lowest BCUT2D eigenvalue weighted by molar-refractivity contribution is 0.593. The molecule has 2 N–H and O–H groups in total. The van der Waals surface area contributed by atoms with E-state index in [0.717, 1.165) is 10.9 Å². The van der Waals surface area contributed by atoms with Crippen LogP contribution < -0.4 is 10.2 Å². The second-order valence-electron chi connectivity index (χ2n) is 17.5. The van der Waals surface area contributed by atoms with Crippen molar-refractivity contribution < 1.29 is 4.80 Å². The molecule has 4 rings (SSSR count). The van der Waals surface area contributed by atoms with Crippen LogP contribution in [0.4, 0.5) is 5.69 Å². The molecule has 0 amide bonds. The molecule has 0 aromatic heterocycles. The number of para-hydroxylation sites is 1. The van der Waals surface area contributed by atoms with Crippen LogP contribution in [0.25, 0.3) is 22.3 Å². The highest BCUT2D eigenvalue weighted by Crippen LogP contribution is 2.43. The van der Waals surface area contributed by atoms with E-state index >= 15 is 0 Å². The molecule has 0 heterocycles. The zero-order valence-corrected chi connectivity index (χ0v) is 36.1. The van der Waals surface area contributed by atoms with Crippen molar-refractivity contribution in [2.45, 2.75) is 158 Å².